The predicted molar refractivity (Wildman–Crippen MR) is 104 cm³/mol. The Morgan fingerprint density at radius 3 is 2.22 bits per heavy atom. The molecule has 27 heavy (non-hydrogen) atoms. The SMILES string of the molecule is CC(C)[C@H](NS(=O)(=O)c1cccc(Cl)c1)C(=O)O[C@H](C)C(=O)NC(C)(C)C. The number of nitrogens with one attached hydrogen (secondary N) is 2. The number of rotatable bonds is 7. The molecule has 0 heterocycles. The quantitative estimate of drug-likeness (QED) is 0.662. The van der Waals surface area contributed by atoms with Crippen molar-refractivity contribution in [3.63, 3.8) is 0 Å². The van der Waals surface area contributed by atoms with Crippen LogP contribution in [-0.2, 0) is 24.3 Å². The van der Waals surface area contributed by atoms with Crippen molar-refractivity contribution in [2.45, 2.75) is 64.1 Å². The molecule has 0 fully saturated rings. The molecule has 0 bridgehead atoms. The van der Waals surface area contributed by atoms with Crippen LogP contribution in [0.2, 0.25) is 5.02 Å². The van der Waals surface area contributed by atoms with Gasteiger partial charge in [0.15, 0.2) is 6.10 Å². The Bertz CT molecular complexity index is 787. The van der Waals surface area contributed by atoms with Gasteiger partial charge in [0.2, 0.25) is 10.0 Å². The van der Waals surface area contributed by atoms with E-state index in [0.29, 0.717) is 0 Å². The summed E-state index contributed by atoms with van der Waals surface area (Å²) in [4.78, 5) is 24.5. The van der Waals surface area contributed by atoms with Crippen LogP contribution in [0.3, 0.4) is 0 Å². The van der Waals surface area contributed by atoms with Gasteiger partial charge in [0.05, 0.1) is 4.90 Å². The van der Waals surface area contributed by atoms with E-state index in [0.717, 1.165) is 0 Å². The van der Waals surface area contributed by atoms with E-state index in [1.807, 2.05) is 0 Å². The van der Waals surface area contributed by atoms with Crippen LogP contribution in [0.15, 0.2) is 29.2 Å². The Hall–Kier alpha value is -1.64. The lowest BCUT2D eigenvalue weighted by Crippen LogP contribution is -2.50. The zero-order chi connectivity index (χ0) is 21.0. The van der Waals surface area contributed by atoms with Gasteiger partial charge in [-0.1, -0.05) is 31.5 Å². The normalized spacial score (nSPS) is 14.5. The van der Waals surface area contributed by atoms with Crippen molar-refractivity contribution in [1.82, 2.24) is 10.0 Å². The van der Waals surface area contributed by atoms with E-state index in [4.69, 9.17) is 16.3 Å². The maximum Gasteiger partial charge on any atom is 0.325 e. The number of sulfonamides is 1. The standard InChI is InChI=1S/C18H27ClN2O5S/c1-11(2)15(17(23)26-12(3)16(22)20-18(4,5)6)21-27(24,25)14-9-7-8-13(19)10-14/h7-12,15,21H,1-6H3,(H,20,22)/t12-,15+/m1/s1. The highest BCUT2D eigenvalue weighted by molar-refractivity contribution is 7.89. The molecule has 152 valence electrons. The number of esters is 1. The first-order valence-electron chi connectivity index (χ1n) is 8.53. The highest BCUT2D eigenvalue weighted by atomic mass is 35.5. The largest absolute Gasteiger partial charge is 0.451 e. The van der Waals surface area contributed by atoms with E-state index in [-0.39, 0.29) is 9.92 Å². The van der Waals surface area contributed by atoms with Crippen molar-refractivity contribution < 1.29 is 22.7 Å². The van der Waals surface area contributed by atoms with Crippen molar-refractivity contribution >= 4 is 33.5 Å². The summed E-state index contributed by atoms with van der Waals surface area (Å²) in [5.74, 6) is -1.69. The fraction of sp³-hybridized carbons (Fsp3) is 0.556. The van der Waals surface area contributed by atoms with Gasteiger partial charge in [-0.05, 0) is 51.8 Å². The lowest BCUT2D eigenvalue weighted by molar-refractivity contribution is -0.157. The van der Waals surface area contributed by atoms with E-state index in [2.05, 4.69) is 10.0 Å². The Labute approximate surface area is 165 Å². The summed E-state index contributed by atoms with van der Waals surface area (Å²) in [6, 6.07) is 4.55. The Morgan fingerprint density at radius 2 is 1.74 bits per heavy atom. The van der Waals surface area contributed by atoms with Gasteiger partial charge in [0.1, 0.15) is 6.04 Å². The van der Waals surface area contributed by atoms with E-state index < -0.39 is 45.5 Å². The second kappa shape index (κ2) is 9.03. The number of amides is 1. The predicted octanol–water partition coefficient (Wildman–Crippen LogP) is 2.49. The summed E-state index contributed by atoms with van der Waals surface area (Å²) in [6.45, 7) is 10.2. The van der Waals surface area contributed by atoms with Crippen LogP contribution in [0.4, 0.5) is 0 Å². The van der Waals surface area contributed by atoms with Crippen LogP contribution in [0, 0.1) is 5.92 Å². The molecule has 2 N–H and O–H groups in total. The molecule has 0 radical (unpaired) electrons. The molecule has 0 unspecified atom stereocenters. The molecular formula is C18H27ClN2O5S. The molecule has 0 spiro atoms. The highest BCUT2D eigenvalue weighted by Crippen LogP contribution is 2.17. The molecule has 1 rings (SSSR count). The molecule has 0 aromatic heterocycles. The van der Waals surface area contributed by atoms with Crippen LogP contribution >= 0.6 is 11.6 Å². The number of benzene rings is 1. The molecular weight excluding hydrogens is 392 g/mol. The molecule has 0 aliphatic carbocycles. The molecule has 1 aromatic carbocycles. The third-order valence-corrected chi connectivity index (χ3v) is 5.14. The van der Waals surface area contributed by atoms with Crippen LogP contribution in [0.1, 0.15) is 41.5 Å². The van der Waals surface area contributed by atoms with Gasteiger partial charge in [0.25, 0.3) is 5.91 Å². The summed E-state index contributed by atoms with van der Waals surface area (Å²) < 4.78 is 32.6. The van der Waals surface area contributed by atoms with Gasteiger partial charge in [0, 0.05) is 10.6 Å². The molecule has 1 aromatic rings. The average Bonchev–Trinajstić information content (AvgIpc) is 2.50. The van der Waals surface area contributed by atoms with Gasteiger partial charge < -0.3 is 10.1 Å². The van der Waals surface area contributed by atoms with Crippen molar-refractivity contribution in [1.29, 1.82) is 0 Å². The molecule has 0 saturated carbocycles. The number of hydrogen-bond acceptors (Lipinski definition) is 5. The Balaban J connectivity index is 2.92. The Kier molecular flexibility index (Phi) is 7.83. The molecule has 0 aliphatic rings. The third-order valence-electron chi connectivity index (χ3n) is 3.47. The molecule has 7 nitrogen and oxygen atoms in total. The molecule has 2 atom stereocenters. The van der Waals surface area contributed by atoms with Gasteiger partial charge in [-0.3, -0.25) is 9.59 Å². The molecule has 9 heteroatoms. The smallest absolute Gasteiger partial charge is 0.325 e. The van der Waals surface area contributed by atoms with Crippen molar-refractivity contribution in [3.05, 3.63) is 29.3 Å². The number of ether oxygens (including phenoxy) is 1. The van der Waals surface area contributed by atoms with Gasteiger partial charge in [-0.2, -0.15) is 4.72 Å². The molecule has 0 aliphatic heterocycles. The molecule has 1 amide bonds. The minimum Gasteiger partial charge on any atom is -0.451 e. The number of carbonyl (C=O) groups is 2. The van der Waals surface area contributed by atoms with Crippen LogP contribution in [0.25, 0.3) is 0 Å². The van der Waals surface area contributed by atoms with Gasteiger partial charge in [-0.25, -0.2) is 8.42 Å². The van der Waals surface area contributed by atoms with Crippen molar-refractivity contribution in [2.75, 3.05) is 0 Å². The third kappa shape index (κ3) is 7.48. The van der Waals surface area contributed by atoms with Crippen LogP contribution < -0.4 is 10.0 Å². The van der Waals surface area contributed by atoms with Crippen LogP contribution in [-0.4, -0.2) is 38.0 Å². The second-order valence-electron chi connectivity index (χ2n) is 7.62. The minimum atomic E-state index is -3.99. The summed E-state index contributed by atoms with van der Waals surface area (Å²) in [7, 11) is -3.99. The Morgan fingerprint density at radius 1 is 1.15 bits per heavy atom. The zero-order valence-corrected chi connectivity index (χ0v) is 17.9. The van der Waals surface area contributed by atoms with E-state index in [9.17, 15) is 18.0 Å². The van der Waals surface area contributed by atoms with Gasteiger partial charge >= 0.3 is 5.97 Å². The lowest BCUT2D eigenvalue weighted by Gasteiger charge is -2.25. The average molecular weight is 419 g/mol. The lowest BCUT2D eigenvalue weighted by atomic mass is 10.1. The maximum absolute atomic E-state index is 12.6. The summed E-state index contributed by atoms with van der Waals surface area (Å²) >= 11 is 5.84. The van der Waals surface area contributed by atoms with Gasteiger partial charge in [-0.15, -0.1) is 0 Å². The van der Waals surface area contributed by atoms with E-state index in [1.54, 1.807) is 40.7 Å². The number of carbonyl (C=O) groups excluding carboxylic acids is 2. The minimum absolute atomic E-state index is 0.0630. The maximum atomic E-state index is 12.6. The summed E-state index contributed by atoms with van der Waals surface area (Å²) in [5.41, 5.74) is -0.483. The molecule has 0 saturated heterocycles. The highest BCUT2D eigenvalue weighted by Gasteiger charge is 2.32. The first kappa shape index (κ1) is 23.4. The first-order chi connectivity index (χ1) is 12.2. The fourth-order valence-electron chi connectivity index (χ4n) is 2.10. The topological polar surface area (TPSA) is 102 Å². The number of halogens is 1. The van der Waals surface area contributed by atoms with Crippen LogP contribution in [0.5, 0.6) is 0 Å². The van der Waals surface area contributed by atoms with Crippen molar-refractivity contribution in [2.24, 2.45) is 5.92 Å². The monoisotopic (exact) mass is 418 g/mol. The van der Waals surface area contributed by atoms with E-state index in [1.165, 1.54) is 25.1 Å². The summed E-state index contributed by atoms with van der Waals surface area (Å²) in [5, 5.41) is 2.96. The zero-order valence-electron chi connectivity index (χ0n) is 16.4. The first-order valence-corrected chi connectivity index (χ1v) is 10.4. The summed E-state index contributed by atoms with van der Waals surface area (Å²) in [6.07, 6.45) is -1.06. The number of hydrogen-bond donors (Lipinski definition) is 2. The second-order valence-corrected chi connectivity index (χ2v) is 9.77. The fourth-order valence-corrected chi connectivity index (χ4v) is 3.73. The van der Waals surface area contributed by atoms with E-state index >= 15 is 0 Å². The van der Waals surface area contributed by atoms with Crippen molar-refractivity contribution in [3.8, 4) is 0 Å².